The van der Waals surface area contributed by atoms with E-state index in [1.54, 1.807) is 67.6 Å². The van der Waals surface area contributed by atoms with Gasteiger partial charge in [-0.25, -0.2) is 9.78 Å². The van der Waals surface area contributed by atoms with Crippen molar-refractivity contribution in [3.05, 3.63) is 107 Å². The van der Waals surface area contributed by atoms with Crippen molar-refractivity contribution in [2.75, 3.05) is 4.90 Å². The highest BCUT2D eigenvalue weighted by molar-refractivity contribution is 6.35. The van der Waals surface area contributed by atoms with E-state index in [0.717, 1.165) is 12.0 Å². The Morgan fingerprint density at radius 1 is 0.930 bits per heavy atom. The van der Waals surface area contributed by atoms with Gasteiger partial charge in [-0.1, -0.05) is 77.8 Å². The average Bonchev–Trinajstić information content (AvgIpc) is 3.70. The molecule has 8 heteroatoms. The van der Waals surface area contributed by atoms with Gasteiger partial charge in [0.25, 0.3) is 0 Å². The van der Waals surface area contributed by atoms with Crippen LogP contribution < -0.4 is 4.90 Å². The Labute approximate surface area is 253 Å². The predicted octanol–water partition coefficient (Wildman–Crippen LogP) is 6.60. The second-order valence-corrected chi connectivity index (χ2v) is 11.9. The Kier molecular flexibility index (Phi) is 6.51. The van der Waals surface area contributed by atoms with Crippen LogP contribution in [0.1, 0.15) is 39.6 Å². The van der Waals surface area contributed by atoms with E-state index in [1.807, 2.05) is 19.1 Å². The third-order valence-electron chi connectivity index (χ3n) is 8.89. The molecule has 5 atom stereocenters. The molecule has 1 aromatic heterocycles. The third kappa shape index (κ3) is 4.46. The number of rotatable bonds is 6. The van der Waals surface area contributed by atoms with Gasteiger partial charge in [0, 0.05) is 16.5 Å². The second-order valence-electron chi connectivity index (χ2n) is 11.5. The fourth-order valence-electron chi connectivity index (χ4n) is 6.70. The Morgan fingerprint density at radius 2 is 1.58 bits per heavy atom. The third-order valence-corrected chi connectivity index (χ3v) is 9.20. The minimum Gasteiger partial charge on any atom is -0.451 e. The Morgan fingerprint density at radius 3 is 2.23 bits per heavy atom. The zero-order valence-electron chi connectivity index (χ0n) is 23.5. The van der Waals surface area contributed by atoms with Gasteiger partial charge in [-0.3, -0.25) is 19.3 Å². The number of hydrogen-bond donors (Lipinski definition) is 0. The molecule has 1 saturated heterocycles. The number of benzene rings is 3. The summed E-state index contributed by atoms with van der Waals surface area (Å²) < 4.78 is 5.64. The molecule has 2 heterocycles. The summed E-state index contributed by atoms with van der Waals surface area (Å²) in [7, 11) is 0. The van der Waals surface area contributed by atoms with Crippen LogP contribution in [0.4, 0.5) is 5.69 Å². The lowest BCUT2D eigenvalue weighted by Crippen LogP contribution is -2.32. The minimum atomic E-state index is -1.01. The van der Waals surface area contributed by atoms with Crippen LogP contribution in [0.2, 0.25) is 5.02 Å². The average molecular weight is 591 g/mol. The summed E-state index contributed by atoms with van der Waals surface area (Å²) in [4.78, 5) is 59.0. The molecule has 2 amide bonds. The van der Waals surface area contributed by atoms with Gasteiger partial charge in [-0.2, -0.15) is 0 Å². The first-order valence-corrected chi connectivity index (χ1v) is 14.7. The quantitative estimate of drug-likeness (QED) is 0.109. The van der Waals surface area contributed by atoms with Crippen LogP contribution in [-0.4, -0.2) is 34.7 Å². The molecule has 0 radical (unpaired) electrons. The molecular weight excluding hydrogens is 564 g/mol. The summed E-state index contributed by atoms with van der Waals surface area (Å²) in [5.41, 5.74) is 3.73. The highest BCUT2D eigenvalue weighted by Gasteiger charge is 2.59. The van der Waals surface area contributed by atoms with E-state index >= 15 is 0 Å². The lowest BCUT2D eigenvalue weighted by Gasteiger charge is -2.18. The number of halogens is 1. The van der Waals surface area contributed by atoms with Crippen molar-refractivity contribution in [1.29, 1.82) is 0 Å². The number of imide groups is 1. The van der Waals surface area contributed by atoms with E-state index in [4.69, 9.17) is 21.3 Å². The number of aromatic nitrogens is 1. The van der Waals surface area contributed by atoms with E-state index in [9.17, 15) is 19.2 Å². The summed E-state index contributed by atoms with van der Waals surface area (Å²) in [6.07, 6.45) is 4.00. The van der Waals surface area contributed by atoms with Gasteiger partial charge >= 0.3 is 5.97 Å². The maximum absolute atomic E-state index is 13.5. The SMILES string of the molecule is Cc1ccc(C(=O)C(C)OC(=O)c2cc(-c3ccc(N4C(=O)C5C6C=CC(C6)C5C4=O)cc3)nc3c(Cl)cccc23)cc1. The Hall–Kier alpha value is -4.62. The lowest BCUT2D eigenvalue weighted by atomic mass is 9.85. The number of amides is 2. The molecule has 1 aliphatic heterocycles. The van der Waals surface area contributed by atoms with Crippen LogP contribution in [0, 0.1) is 30.6 Å². The molecule has 3 aromatic carbocycles. The number of esters is 1. The summed E-state index contributed by atoms with van der Waals surface area (Å²) in [5.74, 6) is -1.56. The van der Waals surface area contributed by atoms with Gasteiger partial charge in [0.05, 0.1) is 39.3 Å². The topological polar surface area (TPSA) is 93.6 Å². The maximum Gasteiger partial charge on any atom is 0.339 e. The summed E-state index contributed by atoms with van der Waals surface area (Å²) >= 11 is 6.51. The van der Waals surface area contributed by atoms with E-state index in [-0.39, 0.29) is 46.8 Å². The second kappa shape index (κ2) is 10.3. The molecule has 7 nitrogen and oxygen atoms in total. The number of ether oxygens (including phenoxy) is 1. The van der Waals surface area contributed by atoms with Crippen LogP contribution in [-0.2, 0) is 14.3 Å². The number of fused-ring (bicyclic) bond motifs is 6. The molecule has 43 heavy (non-hydrogen) atoms. The number of ketones is 1. The van der Waals surface area contributed by atoms with Gasteiger partial charge < -0.3 is 4.74 Å². The zero-order valence-corrected chi connectivity index (χ0v) is 24.2. The van der Waals surface area contributed by atoms with Crippen molar-refractivity contribution < 1.29 is 23.9 Å². The Bertz CT molecular complexity index is 1830. The van der Waals surface area contributed by atoms with Crippen molar-refractivity contribution >= 4 is 51.8 Å². The first kappa shape index (κ1) is 27.2. The molecular formula is C35H27ClN2O5. The summed E-state index contributed by atoms with van der Waals surface area (Å²) in [6, 6.07) is 20.8. The molecule has 3 aliphatic rings. The number of anilines is 1. The number of hydrogen-bond acceptors (Lipinski definition) is 6. The number of Topliss-reactive ketones (excluding diaryl/α,β-unsaturated/α-hetero) is 1. The molecule has 0 spiro atoms. The van der Waals surface area contributed by atoms with Gasteiger partial charge in [-0.15, -0.1) is 0 Å². The maximum atomic E-state index is 13.5. The van der Waals surface area contributed by atoms with Gasteiger partial charge in [-0.05, 0) is 56.4 Å². The number of aryl methyl sites for hydroxylation is 1. The van der Waals surface area contributed by atoms with Crippen LogP contribution in [0.25, 0.3) is 22.2 Å². The number of nitrogens with zero attached hydrogens (tertiary/aromatic N) is 2. The highest BCUT2D eigenvalue weighted by Crippen LogP contribution is 2.53. The molecule has 214 valence electrons. The molecule has 5 unspecified atom stereocenters. The van der Waals surface area contributed by atoms with Crippen LogP contribution in [0.3, 0.4) is 0 Å². The highest BCUT2D eigenvalue weighted by atomic mass is 35.5. The van der Waals surface area contributed by atoms with Crippen molar-refractivity contribution in [2.24, 2.45) is 23.7 Å². The van der Waals surface area contributed by atoms with E-state index in [0.29, 0.717) is 38.4 Å². The molecule has 2 fully saturated rings. The van der Waals surface area contributed by atoms with Crippen LogP contribution in [0.15, 0.2) is 84.9 Å². The Balaban J connectivity index is 1.18. The van der Waals surface area contributed by atoms with Crippen molar-refractivity contribution in [2.45, 2.75) is 26.4 Å². The summed E-state index contributed by atoms with van der Waals surface area (Å²) in [5, 5.41) is 0.854. The smallest absolute Gasteiger partial charge is 0.339 e. The molecule has 0 N–H and O–H groups in total. The lowest BCUT2D eigenvalue weighted by molar-refractivity contribution is -0.123. The normalized spacial score (nSPS) is 22.7. The fraction of sp³-hybridized carbons (Fsp3) is 0.229. The van der Waals surface area contributed by atoms with Crippen LogP contribution in [0.5, 0.6) is 0 Å². The largest absolute Gasteiger partial charge is 0.451 e. The van der Waals surface area contributed by atoms with E-state index in [1.165, 1.54) is 4.90 Å². The zero-order chi connectivity index (χ0) is 30.0. The van der Waals surface area contributed by atoms with E-state index < -0.39 is 12.1 Å². The minimum absolute atomic E-state index is 0.135. The van der Waals surface area contributed by atoms with Crippen molar-refractivity contribution in [3.8, 4) is 11.3 Å². The number of para-hydroxylation sites is 1. The number of carbonyl (C=O) groups excluding carboxylic acids is 4. The molecule has 2 aliphatic carbocycles. The predicted molar refractivity (Wildman–Crippen MR) is 163 cm³/mol. The van der Waals surface area contributed by atoms with Gasteiger partial charge in [0.1, 0.15) is 0 Å². The monoisotopic (exact) mass is 590 g/mol. The number of carbonyl (C=O) groups is 4. The van der Waals surface area contributed by atoms with Crippen LogP contribution >= 0.6 is 11.6 Å². The van der Waals surface area contributed by atoms with Gasteiger partial charge in [0.2, 0.25) is 17.6 Å². The van der Waals surface area contributed by atoms with Crippen molar-refractivity contribution in [1.82, 2.24) is 4.98 Å². The fourth-order valence-corrected chi connectivity index (χ4v) is 6.92. The molecule has 1 saturated carbocycles. The van der Waals surface area contributed by atoms with E-state index in [2.05, 4.69) is 12.2 Å². The molecule has 7 rings (SSSR count). The van der Waals surface area contributed by atoms with Gasteiger partial charge in [0.15, 0.2) is 6.10 Å². The summed E-state index contributed by atoms with van der Waals surface area (Å²) in [6.45, 7) is 3.48. The number of pyridine rings is 1. The first-order valence-electron chi connectivity index (χ1n) is 14.3. The first-order chi connectivity index (χ1) is 20.7. The number of allylic oxidation sites excluding steroid dienone is 2. The van der Waals surface area contributed by atoms with Crippen molar-refractivity contribution in [3.63, 3.8) is 0 Å². The molecule has 2 bridgehead atoms. The molecule has 4 aromatic rings. The standard InChI is InChI=1S/C35H27ClN2O5/c1-18-6-8-21(9-7-18)32(39)19(2)43-35(42)26-17-28(37-31-25(26)4-3-5-27(31)36)20-12-14-24(15-13-20)38-33(40)29-22-10-11-23(16-22)30(29)34(38)41/h3-15,17,19,22-23,29-30H,16H2,1-2H3.